The summed E-state index contributed by atoms with van der Waals surface area (Å²) in [5.74, 6) is 0.707. The van der Waals surface area contributed by atoms with E-state index in [4.69, 9.17) is 28.2 Å². The molecule has 1 atom stereocenters. The van der Waals surface area contributed by atoms with E-state index in [0.29, 0.717) is 16.0 Å². The number of guanidine groups is 1. The minimum absolute atomic E-state index is 0.139. The first-order valence-electron chi connectivity index (χ1n) is 9.76. The van der Waals surface area contributed by atoms with E-state index in [9.17, 15) is 0 Å². The van der Waals surface area contributed by atoms with Crippen LogP contribution in [0.15, 0.2) is 59.2 Å². The molecule has 2 N–H and O–H groups in total. The van der Waals surface area contributed by atoms with Gasteiger partial charge >= 0.3 is 0 Å². The van der Waals surface area contributed by atoms with Crippen LogP contribution in [0.3, 0.4) is 0 Å². The number of anilines is 2. The third-order valence-electron chi connectivity index (χ3n) is 5.22. The van der Waals surface area contributed by atoms with E-state index in [0.717, 1.165) is 43.1 Å². The second-order valence-electron chi connectivity index (χ2n) is 7.56. The third kappa shape index (κ3) is 5.04. The maximum atomic E-state index is 6.17. The Hall–Kier alpha value is -2.21. The lowest BCUT2D eigenvalue weighted by atomic mass is 10.1. The van der Waals surface area contributed by atoms with Gasteiger partial charge in [0, 0.05) is 53.3 Å². The molecule has 2 aromatic carbocycles. The van der Waals surface area contributed by atoms with Crippen molar-refractivity contribution in [1.29, 1.82) is 0 Å². The fraction of sp³-hybridized carbons (Fsp3) is 0.318. The van der Waals surface area contributed by atoms with Crippen LogP contribution >= 0.6 is 23.2 Å². The maximum Gasteiger partial charge on any atom is 0.200 e. The van der Waals surface area contributed by atoms with Crippen LogP contribution in [0.5, 0.6) is 0 Å². The first-order chi connectivity index (χ1) is 14.0. The van der Waals surface area contributed by atoms with Gasteiger partial charge < -0.3 is 20.4 Å². The molecule has 0 aromatic heterocycles. The van der Waals surface area contributed by atoms with Gasteiger partial charge in [0.25, 0.3) is 0 Å². The Morgan fingerprint density at radius 2 is 1.66 bits per heavy atom. The number of benzene rings is 2. The Bertz CT molecular complexity index is 910. The molecule has 0 saturated carbocycles. The summed E-state index contributed by atoms with van der Waals surface area (Å²) in [6, 6.07) is 13.9. The summed E-state index contributed by atoms with van der Waals surface area (Å²) >= 11 is 12.3. The van der Waals surface area contributed by atoms with Crippen molar-refractivity contribution in [3.05, 3.63) is 69.8 Å². The van der Waals surface area contributed by atoms with Crippen LogP contribution in [-0.4, -0.2) is 44.1 Å². The average molecular weight is 430 g/mol. The molecule has 1 saturated heterocycles. The van der Waals surface area contributed by atoms with Crippen LogP contribution in [0, 0.1) is 0 Å². The summed E-state index contributed by atoms with van der Waals surface area (Å²) in [6.07, 6.45) is 2.06. The van der Waals surface area contributed by atoms with Crippen LogP contribution in [-0.2, 0) is 0 Å². The molecule has 0 bridgehead atoms. The zero-order chi connectivity index (χ0) is 20.4. The Morgan fingerprint density at radius 1 is 1.00 bits per heavy atom. The van der Waals surface area contributed by atoms with Gasteiger partial charge in [-0.2, -0.15) is 0 Å². The lowest BCUT2D eigenvalue weighted by Crippen LogP contribution is -2.44. The highest BCUT2D eigenvalue weighted by Crippen LogP contribution is 2.29. The zero-order valence-corrected chi connectivity index (χ0v) is 18.1. The molecular weight excluding hydrogens is 405 g/mol. The van der Waals surface area contributed by atoms with E-state index in [1.165, 1.54) is 5.69 Å². The van der Waals surface area contributed by atoms with Crippen molar-refractivity contribution in [3.63, 3.8) is 0 Å². The van der Waals surface area contributed by atoms with Gasteiger partial charge in [0.15, 0.2) is 0 Å². The van der Waals surface area contributed by atoms with Crippen molar-refractivity contribution >= 4 is 40.5 Å². The van der Waals surface area contributed by atoms with Gasteiger partial charge in [-0.15, -0.1) is 0 Å². The van der Waals surface area contributed by atoms with Gasteiger partial charge in [0.2, 0.25) is 5.96 Å². The van der Waals surface area contributed by atoms with Crippen LogP contribution in [0.25, 0.3) is 0 Å². The van der Waals surface area contributed by atoms with E-state index in [1.807, 2.05) is 19.1 Å². The predicted octanol–water partition coefficient (Wildman–Crippen LogP) is 4.76. The Labute approximate surface area is 182 Å². The van der Waals surface area contributed by atoms with Crippen molar-refractivity contribution < 1.29 is 0 Å². The topological polar surface area (TPSA) is 42.9 Å². The maximum absolute atomic E-state index is 6.17. The highest BCUT2D eigenvalue weighted by Gasteiger charge is 2.17. The Balaban J connectivity index is 1.47. The van der Waals surface area contributed by atoms with E-state index in [1.54, 1.807) is 6.07 Å². The number of halogens is 2. The van der Waals surface area contributed by atoms with Gasteiger partial charge in [-0.05, 0) is 68.1 Å². The first kappa shape index (κ1) is 20.1. The SMILES string of the molecule is CC1=CC(c2cc(Cl)cc(Cl)c2)N=C(Nc2ccc(N3CCN(C)CC3)cc2)N1. The molecule has 0 amide bonds. The van der Waals surface area contributed by atoms with Crippen LogP contribution < -0.4 is 15.5 Å². The fourth-order valence-corrected chi connectivity index (χ4v) is 4.15. The van der Waals surface area contributed by atoms with Crippen LogP contribution in [0.4, 0.5) is 11.4 Å². The number of hydrogen-bond acceptors (Lipinski definition) is 5. The average Bonchev–Trinajstić information content (AvgIpc) is 2.68. The van der Waals surface area contributed by atoms with Gasteiger partial charge in [0.05, 0.1) is 6.04 Å². The smallest absolute Gasteiger partial charge is 0.200 e. The van der Waals surface area contributed by atoms with E-state index >= 15 is 0 Å². The monoisotopic (exact) mass is 429 g/mol. The summed E-state index contributed by atoms with van der Waals surface area (Å²) in [5, 5.41) is 7.90. The van der Waals surface area contributed by atoms with Crippen LogP contribution in [0.2, 0.25) is 10.0 Å². The van der Waals surface area contributed by atoms with E-state index in [2.05, 4.69) is 57.8 Å². The van der Waals surface area contributed by atoms with Crippen molar-refractivity contribution in [2.75, 3.05) is 43.4 Å². The summed E-state index contributed by atoms with van der Waals surface area (Å²) in [4.78, 5) is 9.57. The standard InChI is InChI=1S/C22H25Cl2N5/c1-15-11-21(16-12-17(23)14-18(24)13-16)27-22(25-15)26-19-3-5-20(6-4-19)29-9-7-28(2)8-10-29/h3-6,11-14,21H,7-10H2,1-2H3,(H2,25,26,27). The Morgan fingerprint density at radius 3 is 2.31 bits per heavy atom. The summed E-state index contributed by atoms with van der Waals surface area (Å²) in [6.45, 7) is 6.34. The summed E-state index contributed by atoms with van der Waals surface area (Å²) in [7, 11) is 2.17. The molecule has 1 fully saturated rings. The lowest BCUT2D eigenvalue weighted by Gasteiger charge is -2.34. The number of rotatable bonds is 3. The summed E-state index contributed by atoms with van der Waals surface area (Å²) in [5.41, 5.74) is 4.24. The van der Waals surface area contributed by atoms with Gasteiger partial charge in [-0.1, -0.05) is 23.2 Å². The molecule has 2 aliphatic rings. The minimum Gasteiger partial charge on any atom is -0.369 e. The number of likely N-dealkylation sites (N-methyl/N-ethyl adjacent to an activating group) is 1. The molecule has 4 rings (SSSR count). The number of nitrogens with zero attached hydrogens (tertiary/aromatic N) is 3. The summed E-state index contributed by atoms with van der Waals surface area (Å²) < 4.78 is 0. The highest BCUT2D eigenvalue weighted by molar-refractivity contribution is 6.34. The molecule has 7 heteroatoms. The minimum atomic E-state index is -0.139. The van der Waals surface area contributed by atoms with Gasteiger partial charge in [-0.3, -0.25) is 0 Å². The number of piperazine rings is 1. The first-order valence-corrected chi connectivity index (χ1v) is 10.5. The van der Waals surface area contributed by atoms with Gasteiger partial charge in [0.1, 0.15) is 0 Å². The second kappa shape index (κ2) is 8.66. The van der Waals surface area contributed by atoms with Crippen molar-refractivity contribution in [1.82, 2.24) is 10.2 Å². The molecule has 29 heavy (non-hydrogen) atoms. The normalized spacial score (nSPS) is 20.0. The molecule has 0 radical (unpaired) electrons. The molecule has 2 heterocycles. The van der Waals surface area contributed by atoms with E-state index < -0.39 is 0 Å². The molecule has 0 spiro atoms. The molecule has 152 valence electrons. The fourth-order valence-electron chi connectivity index (χ4n) is 3.61. The lowest BCUT2D eigenvalue weighted by molar-refractivity contribution is 0.313. The number of nitrogens with one attached hydrogen (secondary N) is 2. The van der Waals surface area contributed by atoms with Crippen LogP contribution in [0.1, 0.15) is 18.5 Å². The molecule has 1 unspecified atom stereocenters. The van der Waals surface area contributed by atoms with Crippen molar-refractivity contribution in [2.45, 2.75) is 13.0 Å². The predicted molar refractivity (Wildman–Crippen MR) is 123 cm³/mol. The number of hydrogen-bond donors (Lipinski definition) is 2. The number of allylic oxidation sites excluding steroid dienone is 1. The molecule has 2 aliphatic heterocycles. The second-order valence-corrected chi connectivity index (χ2v) is 8.44. The Kier molecular flexibility index (Phi) is 5.99. The third-order valence-corrected chi connectivity index (χ3v) is 5.65. The van der Waals surface area contributed by atoms with Crippen molar-refractivity contribution in [2.24, 2.45) is 4.99 Å². The molecular formula is C22H25Cl2N5. The van der Waals surface area contributed by atoms with Gasteiger partial charge in [-0.25, -0.2) is 4.99 Å². The van der Waals surface area contributed by atoms with E-state index in [-0.39, 0.29) is 6.04 Å². The zero-order valence-electron chi connectivity index (χ0n) is 16.6. The highest BCUT2D eigenvalue weighted by atomic mass is 35.5. The molecule has 0 aliphatic carbocycles. The number of aliphatic imine (C=N–C) groups is 1. The largest absolute Gasteiger partial charge is 0.369 e. The van der Waals surface area contributed by atoms with Crippen molar-refractivity contribution in [3.8, 4) is 0 Å². The molecule has 5 nitrogen and oxygen atoms in total. The quantitative estimate of drug-likeness (QED) is 0.737. The molecule has 2 aromatic rings.